The number of halogens is 1. The van der Waals surface area contributed by atoms with Gasteiger partial charge in [0.2, 0.25) is 0 Å². The molecular formula is C12H14FN. The Balaban J connectivity index is 2.74. The van der Waals surface area contributed by atoms with Crippen molar-refractivity contribution in [2.24, 2.45) is 0 Å². The van der Waals surface area contributed by atoms with Crippen LogP contribution in [0.25, 0.3) is 10.9 Å². The quantitative estimate of drug-likeness (QED) is 0.654. The Morgan fingerprint density at radius 2 is 1.86 bits per heavy atom. The summed E-state index contributed by atoms with van der Waals surface area (Å²) >= 11 is 0. The van der Waals surface area contributed by atoms with Crippen LogP contribution >= 0.6 is 0 Å². The molecule has 74 valence electrons. The molecule has 0 atom stereocenters. The van der Waals surface area contributed by atoms with Crippen molar-refractivity contribution < 1.29 is 4.39 Å². The van der Waals surface area contributed by atoms with Crippen molar-refractivity contribution in [2.75, 3.05) is 0 Å². The van der Waals surface area contributed by atoms with E-state index in [1.165, 1.54) is 0 Å². The lowest BCUT2D eigenvalue weighted by Crippen LogP contribution is -2.13. The lowest BCUT2D eigenvalue weighted by molar-refractivity contribution is 0.528. The summed E-state index contributed by atoms with van der Waals surface area (Å²) in [6, 6.07) is 5.70. The average molecular weight is 191 g/mol. The third-order valence-corrected chi connectivity index (χ3v) is 2.47. The second-order valence-corrected chi connectivity index (χ2v) is 4.62. The summed E-state index contributed by atoms with van der Waals surface area (Å²) in [5.74, 6) is -0.125. The van der Waals surface area contributed by atoms with Gasteiger partial charge in [0.15, 0.2) is 5.82 Å². The zero-order chi connectivity index (χ0) is 10.3. The molecule has 0 aliphatic rings. The molecule has 1 heterocycles. The molecule has 0 bridgehead atoms. The number of aromatic nitrogens is 1. The number of rotatable bonds is 0. The molecule has 2 rings (SSSR count). The lowest BCUT2D eigenvalue weighted by Gasteiger charge is -2.19. The van der Waals surface area contributed by atoms with Gasteiger partial charge in [-0.3, -0.25) is 0 Å². The number of fused-ring (bicyclic) bond motifs is 1. The predicted molar refractivity (Wildman–Crippen MR) is 57.0 cm³/mol. The van der Waals surface area contributed by atoms with Gasteiger partial charge in [0, 0.05) is 11.6 Å². The number of nitrogens with one attached hydrogen (secondary N) is 1. The Bertz CT molecular complexity index is 463. The maximum Gasteiger partial charge on any atom is 0.150 e. The first kappa shape index (κ1) is 9.25. The van der Waals surface area contributed by atoms with Crippen LogP contribution in [0.2, 0.25) is 0 Å². The third-order valence-electron chi connectivity index (χ3n) is 2.47. The van der Waals surface area contributed by atoms with E-state index in [2.05, 4.69) is 4.98 Å². The van der Waals surface area contributed by atoms with Crippen LogP contribution in [0.4, 0.5) is 4.39 Å². The van der Waals surface area contributed by atoms with Crippen molar-refractivity contribution in [3.63, 3.8) is 0 Å². The molecule has 1 aromatic carbocycles. The van der Waals surface area contributed by atoms with Gasteiger partial charge in [-0.25, -0.2) is 4.39 Å². The maximum atomic E-state index is 14.0. The summed E-state index contributed by atoms with van der Waals surface area (Å²) < 4.78 is 14.0. The highest BCUT2D eigenvalue weighted by Crippen LogP contribution is 2.29. The minimum Gasteiger partial charge on any atom is -0.359 e. The molecule has 14 heavy (non-hydrogen) atoms. The summed E-state index contributed by atoms with van der Waals surface area (Å²) in [7, 11) is 0. The van der Waals surface area contributed by atoms with Gasteiger partial charge in [-0.1, -0.05) is 32.9 Å². The summed E-state index contributed by atoms with van der Waals surface area (Å²) in [4.78, 5) is 2.93. The van der Waals surface area contributed by atoms with Crippen LogP contribution in [-0.4, -0.2) is 4.98 Å². The molecule has 0 radical (unpaired) electrons. The van der Waals surface area contributed by atoms with Crippen LogP contribution in [0.5, 0.6) is 0 Å². The molecule has 2 aromatic rings. The van der Waals surface area contributed by atoms with Gasteiger partial charge in [0.1, 0.15) is 0 Å². The van der Waals surface area contributed by atoms with Crippen molar-refractivity contribution in [3.05, 3.63) is 35.8 Å². The highest BCUT2D eigenvalue weighted by Gasteiger charge is 2.19. The number of benzene rings is 1. The number of hydrogen-bond acceptors (Lipinski definition) is 0. The first-order valence-corrected chi connectivity index (χ1v) is 4.76. The molecule has 1 nitrogen and oxygen atoms in total. The lowest BCUT2D eigenvalue weighted by atomic mass is 9.86. The van der Waals surface area contributed by atoms with Gasteiger partial charge in [-0.15, -0.1) is 0 Å². The summed E-state index contributed by atoms with van der Waals surface area (Å²) in [6.45, 7) is 6.04. The molecule has 1 aromatic heterocycles. The monoisotopic (exact) mass is 191 g/mol. The van der Waals surface area contributed by atoms with E-state index < -0.39 is 0 Å². The second-order valence-electron chi connectivity index (χ2n) is 4.62. The Kier molecular flexibility index (Phi) is 1.88. The SMILES string of the molecule is CC(C)(C)c1ccc2cc[nH]c2c1F. The van der Waals surface area contributed by atoms with Gasteiger partial charge in [0.05, 0.1) is 5.52 Å². The Labute approximate surface area is 82.9 Å². The van der Waals surface area contributed by atoms with Gasteiger partial charge in [-0.05, 0) is 17.0 Å². The second kappa shape index (κ2) is 2.84. The first-order valence-electron chi connectivity index (χ1n) is 4.76. The summed E-state index contributed by atoms with van der Waals surface area (Å²) in [5.41, 5.74) is 1.22. The van der Waals surface area contributed by atoms with Crippen LogP contribution in [0.1, 0.15) is 26.3 Å². The van der Waals surface area contributed by atoms with Crippen LogP contribution in [0, 0.1) is 5.82 Å². The van der Waals surface area contributed by atoms with Crippen molar-refractivity contribution in [1.82, 2.24) is 4.98 Å². The van der Waals surface area contributed by atoms with Crippen LogP contribution in [-0.2, 0) is 5.41 Å². The van der Waals surface area contributed by atoms with E-state index >= 15 is 0 Å². The smallest absolute Gasteiger partial charge is 0.150 e. The molecule has 0 spiro atoms. The van der Waals surface area contributed by atoms with E-state index in [9.17, 15) is 4.39 Å². The van der Waals surface area contributed by atoms with E-state index in [1.54, 1.807) is 6.20 Å². The Hall–Kier alpha value is -1.31. The fraction of sp³-hybridized carbons (Fsp3) is 0.333. The molecule has 0 saturated heterocycles. The third kappa shape index (κ3) is 1.31. The standard InChI is InChI=1S/C12H14FN/c1-12(2,3)9-5-4-8-6-7-14-11(8)10(9)13/h4-7,14H,1-3H3. The molecule has 0 saturated carbocycles. The van der Waals surface area contributed by atoms with Crippen molar-refractivity contribution in [1.29, 1.82) is 0 Å². The molecule has 0 unspecified atom stereocenters. The minimum atomic E-state index is -0.149. The van der Waals surface area contributed by atoms with Gasteiger partial charge in [0.25, 0.3) is 0 Å². The molecule has 0 fully saturated rings. The summed E-state index contributed by atoms with van der Waals surface area (Å²) in [6.07, 6.45) is 1.76. The molecule has 0 aliphatic heterocycles. The Morgan fingerprint density at radius 1 is 1.14 bits per heavy atom. The zero-order valence-corrected chi connectivity index (χ0v) is 8.69. The predicted octanol–water partition coefficient (Wildman–Crippen LogP) is 3.60. The molecule has 0 aliphatic carbocycles. The number of H-pyrrole nitrogens is 1. The van der Waals surface area contributed by atoms with E-state index in [1.807, 2.05) is 39.0 Å². The summed E-state index contributed by atoms with van der Waals surface area (Å²) in [5, 5.41) is 0.926. The van der Waals surface area contributed by atoms with E-state index in [4.69, 9.17) is 0 Å². The first-order chi connectivity index (χ1) is 6.50. The highest BCUT2D eigenvalue weighted by atomic mass is 19.1. The molecule has 0 amide bonds. The topological polar surface area (TPSA) is 15.8 Å². The van der Waals surface area contributed by atoms with Gasteiger partial charge < -0.3 is 4.98 Å². The fourth-order valence-electron chi connectivity index (χ4n) is 1.67. The number of hydrogen-bond donors (Lipinski definition) is 1. The average Bonchev–Trinajstić information content (AvgIpc) is 2.50. The fourth-order valence-corrected chi connectivity index (χ4v) is 1.67. The maximum absolute atomic E-state index is 14.0. The molecular weight excluding hydrogens is 177 g/mol. The minimum absolute atomic E-state index is 0.125. The van der Waals surface area contributed by atoms with Crippen molar-refractivity contribution in [3.8, 4) is 0 Å². The molecule has 2 heteroatoms. The Morgan fingerprint density at radius 3 is 2.50 bits per heavy atom. The molecule has 1 N–H and O–H groups in total. The highest BCUT2D eigenvalue weighted by molar-refractivity contribution is 5.80. The van der Waals surface area contributed by atoms with E-state index in [-0.39, 0.29) is 11.2 Å². The van der Waals surface area contributed by atoms with Gasteiger partial charge >= 0.3 is 0 Å². The number of aromatic amines is 1. The van der Waals surface area contributed by atoms with E-state index in [0.29, 0.717) is 5.52 Å². The van der Waals surface area contributed by atoms with E-state index in [0.717, 1.165) is 10.9 Å². The normalized spacial score (nSPS) is 12.3. The van der Waals surface area contributed by atoms with Crippen molar-refractivity contribution >= 4 is 10.9 Å². The van der Waals surface area contributed by atoms with Crippen LogP contribution < -0.4 is 0 Å². The van der Waals surface area contributed by atoms with Crippen molar-refractivity contribution in [2.45, 2.75) is 26.2 Å². The largest absolute Gasteiger partial charge is 0.359 e. The van der Waals surface area contributed by atoms with Crippen LogP contribution in [0.15, 0.2) is 24.4 Å². The zero-order valence-electron chi connectivity index (χ0n) is 8.69. The van der Waals surface area contributed by atoms with Crippen LogP contribution in [0.3, 0.4) is 0 Å². The van der Waals surface area contributed by atoms with Gasteiger partial charge in [-0.2, -0.15) is 0 Å².